The largest absolute Gasteiger partial charge is 0.375 e. The van der Waals surface area contributed by atoms with Crippen molar-refractivity contribution in [3.8, 4) is 0 Å². The van der Waals surface area contributed by atoms with Gasteiger partial charge in [-0.1, -0.05) is 0 Å². The maximum atomic E-state index is 5.98. The van der Waals surface area contributed by atoms with E-state index in [1.54, 1.807) is 0 Å². The highest BCUT2D eigenvalue weighted by atomic mass is 16.5. The van der Waals surface area contributed by atoms with Crippen molar-refractivity contribution in [1.82, 2.24) is 4.90 Å². The van der Waals surface area contributed by atoms with Crippen molar-refractivity contribution in [3.63, 3.8) is 0 Å². The Morgan fingerprint density at radius 3 is 2.69 bits per heavy atom. The molecule has 0 bridgehead atoms. The Morgan fingerprint density at radius 1 is 1.38 bits per heavy atom. The van der Waals surface area contributed by atoms with Crippen molar-refractivity contribution >= 4 is 0 Å². The van der Waals surface area contributed by atoms with E-state index in [9.17, 15) is 0 Å². The van der Waals surface area contributed by atoms with Gasteiger partial charge in [0.25, 0.3) is 0 Å². The molecule has 0 radical (unpaired) electrons. The number of nitrogens with two attached hydrogens (primary N) is 1. The van der Waals surface area contributed by atoms with Crippen LogP contribution in [0, 0.1) is 0 Å². The zero-order valence-corrected chi connectivity index (χ0v) is 8.46. The summed E-state index contributed by atoms with van der Waals surface area (Å²) in [5, 5.41) is 0. The summed E-state index contributed by atoms with van der Waals surface area (Å²) in [6, 6.07) is 0.372. The number of rotatable bonds is 0. The molecule has 0 aliphatic carbocycles. The molecule has 2 aliphatic heterocycles. The maximum absolute atomic E-state index is 5.98. The topological polar surface area (TPSA) is 38.5 Å². The number of hydrogen-bond donors (Lipinski definition) is 1. The predicted molar refractivity (Wildman–Crippen MR) is 52.6 cm³/mol. The average Bonchev–Trinajstić information content (AvgIpc) is 2.11. The quantitative estimate of drug-likeness (QED) is 0.599. The molecule has 13 heavy (non-hydrogen) atoms. The molecule has 0 aromatic heterocycles. The average molecular weight is 184 g/mol. The summed E-state index contributed by atoms with van der Waals surface area (Å²) >= 11 is 0. The monoisotopic (exact) mass is 184 g/mol. The molecule has 2 N–H and O–H groups in total. The standard InChI is InChI=1S/C10H20N2O/c1-12-5-3-10(4-6-12)8-9(11)2-7-13-10/h9H,2-8,11H2,1H3/t9-/m1/s1. The molecule has 0 unspecified atom stereocenters. The van der Waals surface area contributed by atoms with Gasteiger partial charge in [0.1, 0.15) is 0 Å². The molecule has 2 heterocycles. The van der Waals surface area contributed by atoms with Crippen LogP contribution in [-0.4, -0.2) is 43.3 Å². The minimum absolute atomic E-state index is 0.143. The van der Waals surface area contributed by atoms with Crippen molar-refractivity contribution in [3.05, 3.63) is 0 Å². The number of likely N-dealkylation sites (tertiary alicyclic amines) is 1. The van der Waals surface area contributed by atoms with Gasteiger partial charge in [0, 0.05) is 25.7 Å². The predicted octanol–water partition coefficient (Wildman–Crippen LogP) is 0.588. The highest BCUT2D eigenvalue weighted by Crippen LogP contribution is 2.33. The highest BCUT2D eigenvalue weighted by Gasteiger charge is 2.38. The van der Waals surface area contributed by atoms with E-state index in [4.69, 9.17) is 10.5 Å². The Morgan fingerprint density at radius 2 is 2.08 bits per heavy atom. The smallest absolute Gasteiger partial charge is 0.0721 e. The Labute approximate surface area is 80.2 Å². The molecule has 1 spiro atoms. The zero-order chi connectivity index (χ0) is 9.31. The molecule has 3 nitrogen and oxygen atoms in total. The van der Waals surface area contributed by atoms with Crippen LogP contribution >= 0.6 is 0 Å². The number of hydrogen-bond acceptors (Lipinski definition) is 3. The van der Waals surface area contributed by atoms with Gasteiger partial charge in [-0.25, -0.2) is 0 Å². The van der Waals surface area contributed by atoms with Gasteiger partial charge in [-0.3, -0.25) is 0 Å². The summed E-state index contributed by atoms with van der Waals surface area (Å²) in [7, 11) is 2.18. The van der Waals surface area contributed by atoms with Crippen LogP contribution < -0.4 is 5.73 Å². The molecule has 0 aromatic carbocycles. The Balaban J connectivity index is 1.95. The van der Waals surface area contributed by atoms with Gasteiger partial charge in [0.15, 0.2) is 0 Å². The van der Waals surface area contributed by atoms with Crippen molar-refractivity contribution in [2.75, 3.05) is 26.7 Å². The molecule has 2 fully saturated rings. The van der Waals surface area contributed by atoms with Crippen LogP contribution in [0.15, 0.2) is 0 Å². The fraction of sp³-hybridized carbons (Fsp3) is 1.00. The molecule has 0 amide bonds. The minimum atomic E-state index is 0.143. The molecule has 0 aromatic rings. The van der Waals surface area contributed by atoms with E-state index in [-0.39, 0.29) is 5.60 Å². The number of piperidine rings is 1. The third-order valence-corrected chi connectivity index (χ3v) is 3.43. The molecule has 2 rings (SSSR count). The summed E-state index contributed by atoms with van der Waals surface area (Å²) in [4.78, 5) is 2.37. The number of nitrogens with zero attached hydrogens (tertiary/aromatic N) is 1. The maximum Gasteiger partial charge on any atom is 0.0721 e. The molecule has 3 heteroatoms. The first kappa shape index (κ1) is 9.44. The van der Waals surface area contributed by atoms with E-state index >= 15 is 0 Å². The van der Waals surface area contributed by atoms with Crippen LogP contribution in [0.2, 0.25) is 0 Å². The lowest BCUT2D eigenvalue weighted by atomic mass is 9.83. The van der Waals surface area contributed by atoms with Crippen molar-refractivity contribution in [1.29, 1.82) is 0 Å². The van der Waals surface area contributed by atoms with Crippen LogP contribution in [0.1, 0.15) is 25.7 Å². The summed E-state index contributed by atoms with van der Waals surface area (Å²) in [5.41, 5.74) is 6.12. The van der Waals surface area contributed by atoms with Crippen molar-refractivity contribution in [2.24, 2.45) is 5.73 Å². The molecule has 2 saturated heterocycles. The third-order valence-electron chi connectivity index (χ3n) is 3.43. The third kappa shape index (κ3) is 2.03. The molecule has 2 aliphatic rings. The second kappa shape index (κ2) is 3.56. The molecular formula is C10H20N2O. The van der Waals surface area contributed by atoms with E-state index in [1.807, 2.05) is 0 Å². The Kier molecular flexibility index (Phi) is 2.58. The van der Waals surface area contributed by atoms with E-state index in [0.717, 1.165) is 45.4 Å². The molecule has 0 saturated carbocycles. The van der Waals surface area contributed by atoms with Crippen molar-refractivity contribution in [2.45, 2.75) is 37.3 Å². The van der Waals surface area contributed by atoms with Crippen LogP contribution in [-0.2, 0) is 4.74 Å². The summed E-state index contributed by atoms with van der Waals surface area (Å²) in [6.45, 7) is 3.18. The lowest BCUT2D eigenvalue weighted by molar-refractivity contribution is -0.113. The molecule has 1 atom stereocenters. The number of ether oxygens (including phenoxy) is 1. The van der Waals surface area contributed by atoms with Crippen LogP contribution in [0.5, 0.6) is 0 Å². The first-order valence-electron chi connectivity index (χ1n) is 5.28. The fourth-order valence-electron chi connectivity index (χ4n) is 2.44. The summed E-state index contributed by atoms with van der Waals surface area (Å²) < 4.78 is 5.92. The Bertz CT molecular complexity index is 176. The van der Waals surface area contributed by atoms with E-state index in [1.165, 1.54) is 0 Å². The first-order chi connectivity index (χ1) is 6.20. The molecule has 76 valence electrons. The van der Waals surface area contributed by atoms with Crippen LogP contribution in [0.25, 0.3) is 0 Å². The lowest BCUT2D eigenvalue weighted by Gasteiger charge is -2.44. The van der Waals surface area contributed by atoms with Gasteiger partial charge in [-0.2, -0.15) is 0 Å². The zero-order valence-electron chi connectivity index (χ0n) is 8.46. The van der Waals surface area contributed by atoms with Gasteiger partial charge in [-0.05, 0) is 32.7 Å². The molecular weight excluding hydrogens is 164 g/mol. The first-order valence-corrected chi connectivity index (χ1v) is 5.28. The van der Waals surface area contributed by atoms with E-state index in [0.29, 0.717) is 6.04 Å². The highest BCUT2D eigenvalue weighted by molar-refractivity contribution is 4.92. The van der Waals surface area contributed by atoms with Gasteiger partial charge in [0.2, 0.25) is 0 Å². The lowest BCUT2D eigenvalue weighted by Crippen LogP contribution is -2.51. The summed E-state index contributed by atoms with van der Waals surface area (Å²) in [6.07, 6.45) is 4.44. The second-order valence-corrected chi connectivity index (χ2v) is 4.59. The van der Waals surface area contributed by atoms with E-state index in [2.05, 4.69) is 11.9 Å². The van der Waals surface area contributed by atoms with Crippen LogP contribution in [0.4, 0.5) is 0 Å². The second-order valence-electron chi connectivity index (χ2n) is 4.59. The van der Waals surface area contributed by atoms with Gasteiger partial charge in [-0.15, -0.1) is 0 Å². The fourth-order valence-corrected chi connectivity index (χ4v) is 2.44. The van der Waals surface area contributed by atoms with Crippen LogP contribution in [0.3, 0.4) is 0 Å². The van der Waals surface area contributed by atoms with Crippen molar-refractivity contribution < 1.29 is 4.74 Å². The minimum Gasteiger partial charge on any atom is -0.375 e. The Hall–Kier alpha value is -0.120. The van der Waals surface area contributed by atoms with E-state index < -0.39 is 0 Å². The SMILES string of the molecule is CN1CCC2(CC1)C[C@H](N)CCO2. The normalized spacial score (nSPS) is 35.1. The van der Waals surface area contributed by atoms with Gasteiger partial charge < -0.3 is 15.4 Å². The van der Waals surface area contributed by atoms with Gasteiger partial charge in [0.05, 0.1) is 5.60 Å². The summed E-state index contributed by atoms with van der Waals surface area (Å²) in [5.74, 6) is 0. The van der Waals surface area contributed by atoms with Gasteiger partial charge >= 0.3 is 0 Å².